The van der Waals surface area contributed by atoms with Gasteiger partial charge in [0.05, 0.1) is 11.2 Å². The predicted octanol–water partition coefficient (Wildman–Crippen LogP) is 2.05. The molecule has 1 aliphatic rings. The van der Waals surface area contributed by atoms with Gasteiger partial charge in [-0.15, -0.1) is 21.5 Å². The summed E-state index contributed by atoms with van der Waals surface area (Å²) in [5.41, 5.74) is 2.54. The average Bonchev–Trinajstić information content (AvgIpc) is 3.09. The Morgan fingerprint density at radius 1 is 1.16 bits per heavy atom. The van der Waals surface area contributed by atoms with Crippen molar-refractivity contribution in [1.82, 2.24) is 20.1 Å². The monoisotopic (exact) mass is 360 g/mol. The molecule has 134 valence electrons. The minimum absolute atomic E-state index is 0.0858. The molecule has 0 unspecified atom stereocenters. The lowest BCUT2D eigenvalue weighted by molar-refractivity contribution is 0.0750. The zero-order valence-corrected chi connectivity index (χ0v) is 15.8. The molecule has 0 spiro atoms. The van der Waals surface area contributed by atoms with Crippen molar-refractivity contribution in [2.75, 3.05) is 49.1 Å². The van der Waals surface area contributed by atoms with Crippen LogP contribution in [0.3, 0.4) is 0 Å². The standard InChI is InChI=1S/C17H24N6OS/c1-4-21(5-2)14-6-7-15(20-19-14)22-8-10-23(11-9-22)17(24)16-13(3)18-12-25-16/h6-7,12H,4-5,8-11H2,1-3H3. The second-order valence-electron chi connectivity index (χ2n) is 5.97. The summed E-state index contributed by atoms with van der Waals surface area (Å²) in [6, 6.07) is 4.04. The van der Waals surface area contributed by atoms with E-state index in [1.807, 2.05) is 24.0 Å². The number of aromatic nitrogens is 3. The normalized spacial score (nSPS) is 14.7. The average molecular weight is 360 g/mol. The van der Waals surface area contributed by atoms with Gasteiger partial charge < -0.3 is 14.7 Å². The number of nitrogens with zero attached hydrogens (tertiary/aromatic N) is 6. The fourth-order valence-corrected chi connectivity index (χ4v) is 3.76. The van der Waals surface area contributed by atoms with Gasteiger partial charge in [0.25, 0.3) is 5.91 Å². The molecule has 0 atom stereocenters. The number of rotatable bonds is 5. The van der Waals surface area contributed by atoms with Crippen LogP contribution in [0.2, 0.25) is 0 Å². The number of anilines is 2. The van der Waals surface area contributed by atoms with E-state index in [4.69, 9.17) is 0 Å². The van der Waals surface area contributed by atoms with Crippen LogP contribution >= 0.6 is 11.3 Å². The van der Waals surface area contributed by atoms with Crippen molar-refractivity contribution in [2.24, 2.45) is 0 Å². The fourth-order valence-electron chi connectivity index (χ4n) is 2.99. The van der Waals surface area contributed by atoms with Gasteiger partial charge in [0, 0.05) is 39.3 Å². The van der Waals surface area contributed by atoms with Crippen molar-refractivity contribution >= 4 is 28.9 Å². The number of thiazole rings is 1. The highest BCUT2D eigenvalue weighted by Crippen LogP contribution is 2.19. The topological polar surface area (TPSA) is 65.5 Å². The molecular weight excluding hydrogens is 336 g/mol. The Kier molecular flexibility index (Phi) is 5.47. The molecule has 0 saturated carbocycles. The molecule has 3 heterocycles. The van der Waals surface area contributed by atoms with Gasteiger partial charge in [-0.05, 0) is 32.9 Å². The van der Waals surface area contributed by atoms with E-state index in [-0.39, 0.29) is 5.91 Å². The Balaban J connectivity index is 1.60. The summed E-state index contributed by atoms with van der Waals surface area (Å²) >= 11 is 1.41. The first kappa shape index (κ1) is 17.6. The van der Waals surface area contributed by atoms with Gasteiger partial charge >= 0.3 is 0 Å². The van der Waals surface area contributed by atoms with Crippen LogP contribution in [0.25, 0.3) is 0 Å². The van der Waals surface area contributed by atoms with Crippen molar-refractivity contribution in [3.63, 3.8) is 0 Å². The van der Waals surface area contributed by atoms with Crippen molar-refractivity contribution in [1.29, 1.82) is 0 Å². The zero-order valence-electron chi connectivity index (χ0n) is 15.0. The van der Waals surface area contributed by atoms with Gasteiger partial charge in [0.1, 0.15) is 4.88 Å². The van der Waals surface area contributed by atoms with Crippen molar-refractivity contribution in [3.05, 3.63) is 28.2 Å². The minimum Gasteiger partial charge on any atom is -0.356 e. The Labute approximate surface area is 152 Å². The van der Waals surface area contributed by atoms with Crippen LogP contribution in [0.1, 0.15) is 29.2 Å². The molecule has 2 aromatic rings. The lowest BCUT2D eigenvalue weighted by atomic mass is 10.2. The summed E-state index contributed by atoms with van der Waals surface area (Å²) in [5, 5.41) is 8.73. The second kappa shape index (κ2) is 7.77. The van der Waals surface area contributed by atoms with Crippen molar-refractivity contribution < 1.29 is 4.79 Å². The summed E-state index contributed by atoms with van der Waals surface area (Å²) in [7, 11) is 0. The lowest BCUT2D eigenvalue weighted by Crippen LogP contribution is -2.49. The number of carbonyl (C=O) groups excluding carboxylic acids is 1. The molecule has 8 heteroatoms. The Morgan fingerprint density at radius 2 is 1.88 bits per heavy atom. The molecule has 25 heavy (non-hydrogen) atoms. The Morgan fingerprint density at radius 3 is 2.40 bits per heavy atom. The maximum Gasteiger partial charge on any atom is 0.265 e. The summed E-state index contributed by atoms with van der Waals surface area (Å²) in [6.45, 7) is 10.9. The van der Waals surface area contributed by atoms with E-state index < -0.39 is 0 Å². The van der Waals surface area contributed by atoms with Crippen molar-refractivity contribution in [2.45, 2.75) is 20.8 Å². The number of carbonyl (C=O) groups is 1. The van der Waals surface area contributed by atoms with Crippen LogP contribution in [0.4, 0.5) is 11.6 Å². The summed E-state index contributed by atoms with van der Waals surface area (Å²) < 4.78 is 0. The van der Waals surface area contributed by atoms with Crippen LogP contribution in [0.15, 0.2) is 17.6 Å². The zero-order chi connectivity index (χ0) is 17.8. The number of hydrogen-bond donors (Lipinski definition) is 0. The highest BCUT2D eigenvalue weighted by molar-refractivity contribution is 7.11. The van der Waals surface area contributed by atoms with Crippen LogP contribution in [-0.4, -0.2) is 65.3 Å². The van der Waals surface area contributed by atoms with Crippen molar-refractivity contribution in [3.8, 4) is 0 Å². The molecule has 2 aromatic heterocycles. The van der Waals surface area contributed by atoms with Crippen LogP contribution < -0.4 is 9.80 Å². The third-order valence-electron chi connectivity index (χ3n) is 4.55. The van der Waals surface area contributed by atoms with Gasteiger partial charge in [0.2, 0.25) is 0 Å². The smallest absolute Gasteiger partial charge is 0.265 e. The highest BCUT2D eigenvalue weighted by atomic mass is 32.1. The van der Waals surface area contributed by atoms with E-state index in [2.05, 4.69) is 38.8 Å². The molecule has 0 N–H and O–H groups in total. The summed E-state index contributed by atoms with van der Waals surface area (Å²) in [5.74, 6) is 1.86. The molecule has 0 aliphatic carbocycles. The first-order chi connectivity index (χ1) is 12.1. The summed E-state index contributed by atoms with van der Waals surface area (Å²) in [4.78, 5) is 23.7. The maximum atomic E-state index is 12.6. The van der Waals surface area contributed by atoms with Gasteiger partial charge in [-0.2, -0.15) is 0 Å². The molecule has 1 aliphatic heterocycles. The summed E-state index contributed by atoms with van der Waals surface area (Å²) in [6.07, 6.45) is 0. The quantitative estimate of drug-likeness (QED) is 0.813. The molecule has 1 amide bonds. The molecule has 7 nitrogen and oxygen atoms in total. The minimum atomic E-state index is 0.0858. The molecular formula is C17H24N6OS. The predicted molar refractivity (Wildman–Crippen MR) is 101 cm³/mol. The number of hydrogen-bond acceptors (Lipinski definition) is 7. The molecule has 0 aromatic carbocycles. The third kappa shape index (κ3) is 3.73. The number of piperazine rings is 1. The Hall–Kier alpha value is -2.22. The van der Waals surface area contributed by atoms with E-state index in [0.29, 0.717) is 13.1 Å². The second-order valence-corrected chi connectivity index (χ2v) is 6.82. The highest BCUT2D eigenvalue weighted by Gasteiger charge is 2.25. The number of amides is 1. The SMILES string of the molecule is CCN(CC)c1ccc(N2CCN(C(=O)c3scnc3C)CC2)nn1. The molecule has 3 rings (SSSR count). The molecule has 0 radical (unpaired) electrons. The largest absolute Gasteiger partial charge is 0.356 e. The first-order valence-electron chi connectivity index (χ1n) is 8.67. The van der Waals surface area contributed by atoms with E-state index in [1.54, 1.807) is 5.51 Å². The van der Waals surface area contributed by atoms with Gasteiger partial charge in [-0.25, -0.2) is 4.98 Å². The number of aryl methyl sites for hydroxylation is 1. The maximum absolute atomic E-state index is 12.6. The van der Waals surface area contributed by atoms with Crippen LogP contribution in [0, 0.1) is 6.92 Å². The van der Waals surface area contributed by atoms with E-state index in [0.717, 1.165) is 48.4 Å². The van der Waals surface area contributed by atoms with Crippen LogP contribution in [0.5, 0.6) is 0 Å². The lowest BCUT2D eigenvalue weighted by Gasteiger charge is -2.35. The Bertz CT molecular complexity index is 704. The molecule has 1 fully saturated rings. The fraction of sp³-hybridized carbons (Fsp3) is 0.529. The van der Waals surface area contributed by atoms with E-state index in [9.17, 15) is 4.79 Å². The molecule has 0 bridgehead atoms. The van der Waals surface area contributed by atoms with Gasteiger partial charge in [0.15, 0.2) is 11.6 Å². The van der Waals surface area contributed by atoms with E-state index in [1.165, 1.54) is 11.3 Å². The van der Waals surface area contributed by atoms with Crippen LogP contribution in [-0.2, 0) is 0 Å². The van der Waals surface area contributed by atoms with Gasteiger partial charge in [-0.3, -0.25) is 4.79 Å². The molecule has 1 saturated heterocycles. The first-order valence-corrected chi connectivity index (χ1v) is 9.55. The van der Waals surface area contributed by atoms with Gasteiger partial charge in [-0.1, -0.05) is 0 Å². The third-order valence-corrected chi connectivity index (χ3v) is 5.47. The van der Waals surface area contributed by atoms with E-state index >= 15 is 0 Å².